The Kier molecular flexibility index (Phi) is 1.66. The number of pyridine rings is 1. The molecule has 0 aliphatic rings. The number of nitrogens with zero attached hydrogens (tertiary/aromatic N) is 2. The third-order valence-electron chi connectivity index (χ3n) is 2.01. The summed E-state index contributed by atoms with van der Waals surface area (Å²) in [6.45, 7) is 0.384. The maximum absolute atomic E-state index is 11.2. The van der Waals surface area contributed by atoms with E-state index in [9.17, 15) is 4.79 Å². The molecule has 2 heterocycles. The Labute approximate surface area is 74.2 Å². The summed E-state index contributed by atoms with van der Waals surface area (Å²) < 4.78 is 1.47. The number of H-pyrrole nitrogens is 1. The Morgan fingerprint density at radius 2 is 2.38 bits per heavy atom. The minimum absolute atomic E-state index is 0.156. The van der Waals surface area contributed by atoms with Gasteiger partial charge in [-0.1, -0.05) is 0 Å². The minimum Gasteiger partial charge on any atom is -0.325 e. The maximum atomic E-state index is 11.2. The monoisotopic (exact) mass is 178 g/mol. The summed E-state index contributed by atoms with van der Waals surface area (Å²) in [7, 11) is 1.68. The summed E-state index contributed by atoms with van der Waals surface area (Å²) >= 11 is 0. The number of hydrogen-bond donors (Lipinski definition) is 2. The molecule has 0 saturated carbocycles. The Morgan fingerprint density at radius 3 is 3.08 bits per heavy atom. The Hall–Kier alpha value is -1.62. The fraction of sp³-hybridized carbons (Fsp3) is 0.250. The van der Waals surface area contributed by atoms with Gasteiger partial charge in [0.1, 0.15) is 0 Å². The fourth-order valence-electron chi connectivity index (χ4n) is 1.25. The number of aromatic amines is 1. The second-order valence-corrected chi connectivity index (χ2v) is 2.87. The van der Waals surface area contributed by atoms with Gasteiger partial charge in [-0.3, -0.25) is 4.57 Å². The average molecular weight is 178 g/mol. The van der Waals surface area contributed by atoms with Gasteiger partial charge in [-0.15, -0.1) is 0 Å². The number of imidazole rings is 1. The van der Waals surface area contributed by atoms with Crippen molar-refractivity contribution < 1.29 is 0 Å². The SMILES string of the molecule is Cn1c(=O)[nH]c2ccc(CN)nc21. The molecule has 0 unspecified atom stereocenters. The lowest BCUT2D eigenvalue weighted by Gasteiger charge is -1.96. The van der Waals surface area contributed by atoms with Crippen LogP contribution in [0.3, 0.4) is 0 Å². The molecule has 0 amide bonds. The first-order valence-corrected chi connectivity index (χ1v) is 3.97. The quantitative estimate of drug-likeness (QED) is 0.630. The molecule has 0 fully saturated rings. The first-order chi connectivity index (χ1) is 6.22. The van der Waals surface area contributed by atoms with E-state index in [-0.39, 0.29) is 5.69 Å². The molecule has 2 aromatic heterocycles. The molecule has 68 valence electrons. The summed E-state index contributed by atoms with van der Waals surface area (Å²) in [5.41, 5.74) is 7.45. The number of aromatic nitrogens is 3. The highest BCUT2D eigenvalue weighted by atomic mass is 16.1. The van der Waals surface area contributed by atoms with Gasteiger partial charge in [0.25, 0.3) is 0 Å². The molecule has 0 atom stereocenters. The summed E-state index contributed by atoms with van der Waals surface area (Å²) in [5.74, 6) is 0. The van der Waals surface area contributed by atoms with Crippen molar-refractivity contribution in [2.45, 2.75) is 6.54 Å². The smallest absolute Gasteiger partial charge is 0.325 e. The van der Waals surface area contributed by atoms with Crippen LogP contribution in [0.2, 0.25) is 0 Å². The van der Waals surface area contributed by atoms with Gasteiger partial charge in [0.2, 0.25) is 0 Å². The largest absolute Gasteiger partial charge is 0.327 e. The van der Waals surface area contributed by atoms with Gasteiger partial charge in [-0.2, -0.15) is 0 Å². The normalized spacial score (nSPS) is 10.9. The Morgan fingerprint density at radius 1 is 1.62 bits per heavy atom. The molecule has 5 nitrogen and oxygen atoms in total. The second kappa shape index (κ2) is 2.70. The lowest BCUT2D eigenvalue weighted by Crippen LogP contribution is -2.12. The second-order valence-electron chi connectivity index (χ2n) is 2.87. The number of fused-ring (bicyclic) bond motifs is 1. The third-order valence-corrected chi connectivity index (χ3v) is 2.01. The van der Waals surface area contributed by atoms with Gasteiger partial charge in [-0.05, 0) is 12.1 Å². The van der Waals surface area contributed by atoms with Crippen LogP contribution in [0, 0.1) is 0 Å². The Bertz CT molecular complexity index is 496. The number of nitrogens with one attached hydrogen (secondary N) is 1. The zero-order valence-electron chi connectivity index (χ0n) is 7.24. The van der Waals surface area contributed by atoms with Crippen molar-refractivity contribution in [3.8, 4) is 0 Å². The van der Waals surface area contributed by atoms with Gasteiger partial charge >= 0.3 is 5.69 Å². The van der Waals surface area contributed by atoms with Crippen molar-refractivity contribution in [3.05, 3.63) is 28.3 Å². The lowest BCUT2D eigenvalue weighted by atomic mass is 10.3. The van der Waals surface area contributed by atoms with Crippen LogP contribution >= 0.6 is 0 Å². The number of aryl methyl sites for hydroxylation is 1. The van der Waals surface area contributed by atoms with Gasteiger partial charge in [-0.25, -0.2) is 9.78 Å². The topological polar surface area (TPSA) is 76.7 Å². The maximum Gasteiger partial charge on any atom is 0.327 e. The molecule has 0 radical (unpaired) electrons. The molecule has 2 aromatic rings. The van der Waals surface area contributed by atoms with Crippen LogP contribution in [0.5, 0.6) is 0 Å². The van der Waals surface area contributed by atoms with Gasteiger partial charge in [0.15, 0.2) is 5.65 Å². The molecule has 0 aromatic carbocycles. The van der Waals surface area contributed by atoms with Gasteiger partial charge in [0, 0.05) is 13.6 Å². The number of hydrogen-bond acceptors (Lipinski definition) is 3. The van der Waals surface area contributed by atoms with E-state index in [4.69, 9.17) is 5.73 Å². The molecule has 13 heavy (non-hydrogen) atoms. The lowest BCUT2D eigenvalue weighted by molar-refractivity contribution is 0.870. The summed E-state index contributed by atoms with van der Waals surface area (Å²) in [6, 6.07) is 3.62. The van der Waals surface area contributed by atoms with Crippen molar-refractivity contribution in [1.82, 2.24) is 14.5 Å². The van der Waals surface area contributed by atoms with Crippen LogP contribution in [0.25, 0.3) is 11.2 Å². The van der Waals surface area contributed by atoms with Crippen molar-refractivity contribution in [2.75, 3.05) is 0 Å². The molecule has 2 rings (SSSR count). The molecular weight excluding hydrogens is 168 g/mol. The van der Waals surface area contributed by atoms with E-state index in [1.807, 2.05) is 6.07 Å². The van der Waals surface area contributed by atoms with Gasteiger partial charge < -0.3 is 10.7 Å². The number of rotatable bonds is 1. The molecule has 0 spiro atoms. The molecular formula is C8H10N4O. The predicted octanol–water partition coefficient (Wildman–Crippen LogP) is -0.280. The minimum atomic E-state index is -0.156. The molecule has 3 N–H and O–H groups in total. The van der Waals surface area contributed by atoms with Crippen molar-refractivity contribution in [1.29, 1.82) is 0 Å². The highest BCUT2D eigenvalue weighted by Crippen LogP contribution is 2.06. The molecule has 0 aliphatic heterocycles. The molecule has 5 heteroatoms. The van der Waals surface area contributed by atoms with E-state index in [1.54, 1.807) is 13.1 Å². The van der Waals surface area contributed by atoms with E-state index >= 15 is 0 Å². The van der Waals surface area contributed by atoms with Gasteiger partial charge in [0.05, 0.1) is 11.2 Å². The zero-order chi connectivity index (χ0) is 9.42. The number of nitrogens with two attached hydrogens (primary N) is 1. The third kappa shape index (κ3) is 1.13. The molecule has 0 saturated heterocycles. The zero-order valence-corrected chi connectivity index (χ0v) is 7.24. The van der Waals surface area contributed by atoms with E-state index in [0.29, 0.717) is 12.2 Å². The standard InChI is InChI=1S/C8H10N4O/c1-12-7-6(11-8(12)13)3-2-5(4-9)10-7/h2-3H,4,9H2,1H3,(H,11,13). The highest BCUT2D eigenvalue weighted by Gasteiger charge is 2.03. The van der Waals surface area contributed by atoms with E-state index in [1.165, 1.54) is 4.57 Å². The summed E-state index contributed by atoms with van der Waals surface area (Å²) in [5, 5.41) is 0. The van der Waals surface area contributed by atoms with Crippen LogP contribution in [0.4, 0.5) is 0 Å². The van der Waals surface area contributed by atoms with E-state index < -0.39 is 0 Å². The first-order valence-electron chi connectivity index (χ1n) is 3.97. The highest BCUT2D eigenvalue weighted by molar-refractivity contribution is 5.70. The fourth-order valence-corrected chi connectivity index (χ4v) is 1.25. The van der Waals surface area contributed by atoms with Crippen LogP contribution in [0.15, 0.2) is 16.9 Å². The summed E-state index contributed by atoms with van der Waals surface area (Å²) in [6.07, 6.45) is 0. The van der Waals surface area contributed by atoms with E-state index in [2.05, 4.69) is 9.97 Å². The Balaban J connectivity index is 2.82. The van der Waals surface area contributed by atoms with Crippen molar-refractivity contribution >= 4 is 11.2 Å². The van der Waals surface area contributed by atoms with Crippen molar-refractivity contribution in [3.63, 3.8) is 0 Å². The van der Waals surface area contributed by atoms with Crippen LogP contribution < -0.4 is 11.4 Å². The summed E-state index contributed by atoms with van der Waals surface area (Å²) in [4.78, 5) is 18.1. The first kappa shape index (κ1) is 8.00. The van der Waals surface area contributed by atoms with Crippen LogP contribution in [-0.2, 0) is 13.6 Å². The van der Waals surface area contributed by atoms with E-state index in [0.717, 1.165) is 11.2 Å². The molecule has 0 bridgehead atoms. The van der Waals surface area contributed by atoms with Crippen LogP contribution in [0.1, 0.15) is 5.69 Å². The predicted molar refractivity (Wildman–Crippen MR) is 49.2 cm³/mol. The molecule has 0 aliphatic carbocycles. The average Bonchev–Trinajstić information content (AvgIpc) is 2.43. The van der Waals surface area contributed by atoms with Crippen molar-refractivity contribution in [2.24, 2.45) is 12.8 Å². The van der Waals surface area contributed by atoms with Crippen LogP contribution in [-0.4, -0.2) is 14.5 Å².